The SMILES string of the molecule is COc1cc(/C=C2/C(=O)NC(=O)N(c3cccc(Cl)c3C)C2=O)ccc1OCC(=O)Nc1ccc(Cl)c(Cl)c1. The van der Waals surface area contributed by atoms with Crippen LogP contribution in [0.4, 0.5) is 16.2 Å². The summed E-state index contributed by atoms with van der Waals surface area (Å²) in [5.74, 6) is -1.62. The molecule has 1 fully saturated rings. The van der Waals surface area contributed by atoms with Crippen molar-refractivity contribution in [3.8, 4) is 11.5 Å². The fraction of sp³-hybridized carbons (Fsp3) is 0.111. The van der Waals surface area contributed by atoms with Crippen molar-refractivity contribution in [2.75, 3.05) is 23.9 Å². The van der Waals surface area contributed by atoms with E-state index < -0.39 is 23.8 Å². The first kappa shape index (κ1) is 28.0. The molecule has 0 aliphatic carbocycles. The number of halogens is 3. The van der Waals surface area contributed by atoms with Crippen molar-refractivity contribution < 1.29 is 28.7 Å². The van der Waals surface area contributed by atoms with Crippen LogP contribution in [0, 0.1) is 6.92 Å². The summed E-state index contributed by atoms with van der Waals surface area (Å²) in [6, 6.07) is 13.2. The second kappa shape index (κ2) is 11.8. The van der Waals surface area contributed by atoms with E-state index in [1.165, 1.54) is 31.4 Å². The quantitative estimate of drug-likeness (QED) is 0.272. The fourth-order valence-corrected chi connectivity index (χ4v) is 4.16. The average molecular weight is 589 g/mol. The Labute approximate surface area is 238 Å². The van der Waals surface area contributed by atoms with Crippen LogP contribution in [0.1, 0.15) is 11.1 Å². The lowest BCUT2D eigenvalue weighted by Crippen LogP contribution is -2.54. The Morgan fingerprint density at radius 2 is 1.74 bits per heavy atom. The molecule has 1 heterocycles. The molecule has 0 spiro atoms. The molecule has 0 atom stereocenters. The predicted octanol–water partition coefficient (Wildman–Crippen LogP) is 5.65. The van der Waals surface area contributed by atoms with Crippen molar-refractivity contribution in [1.29, 1.82) is 0 Å². The van der Waals surface area contributed by atoms with E-state index in [0.29, 0.717) is 31.9 Å². The summed E-state index contributed by atoms with van der Waals surface area (Å²) in [6.07, 6.45) is 1.32. The number of nitrogens with zero attached hydrogens (tertiary/aromatic N) is 1. The molecule has 200 valence electrons. The minimum Gasteiger partial charge on any atom is -0.493 e. The van der Waals surface area contributed by atoms with E-state index in [2.05, 4.69) is 10.6 Å². The highest BCUT2D eigenvalue weighted by atomic mass is 35.5. The van der Waals surface area contributed by atoms with E-state index >= 15 is 0 Å². The van der Waals surface area contributed by atoms with Gasteiger partial charge in [-0.1, -0.05) is 46.9 Å². The van der Waals surface area contributed by atoms with E-state index in [1.807, 2.05) is 0 Å². The maximum Gasteiger partial charge on any atom is 0.335 e. The first-order valence-corrected chi connectivity index (χ1v) is 12.4. The standard InChI is InChI=1S/C27H20Cl3N3O6/c1-14-18(28)4-3-5-21(14)33-26(36)17(25(35)32-27(33)37)10-15-6-9-22(23(11-15)38-2)39-13-24(34)31-16-7-8-19(29)20(30)12-16/h3-12H,13H2,1-2H3,(H,31,34)(H,32,35,37)/b17-10-. The van der Waals surface area contributed by atoms with E-state index in [0.717, 1.165) is 4.90 Å². The zero-order chi connectivity index (χ0) is 28.3. The van der Waals surface area contributed by atoms with E-state index in [-0.39, 0.29) is 29.4 Å². The van der Waals surface area contributed by atoms with Crippen LogP contribution in [-0.4, -0.2) is 37.5 Å². The van der Waals surface area contributed by atoms with Crippen LogP contribution in [0.15, 0.2) is 60.2 Å². The summed E-state index contributed by atoms with van der Waals surface area (Å²) in [5, 5.41) is 5.83. The predicted molar refractivity (Wildman–Crippen MR) is 149 cm³/mol. The van der Waals surface area contributed by atoms with Gasteiger partial charge in [-0.2, -0.15) is 0 Å². The Bertz CT molecular complexity index is 1540. The van der Waals surface area contributed by atoms with Gasteiger partial charge in [0.05, 0.1) is 22.8 Å². The van der Waals surface area contributed by atoms with Gasteiger partial charge in [-0.3, -0.25) is 19.7 Å². The number of barbiturate groups is 1. The summed E-state index contributed by atoms with van der Waals surface area (Å²) >= 11 is 18.0. The smallest absolute Gasteiger partial charge is 0.335 e. The van der Waals surface area contributed by atoms with Crippen molar-refractivity contribution in [2.24, 2.45) is 0 Å². The number of ether oxygens (including phenoxy) is 2. The van der Waals surface area contributed by atoms with Crippen molar-refractivity contribution in [2.45, 2.75) is 6.92 Å². The van der Waals surface area contributed by atoms with E-state index in [9.17, 15) is 19.2 Å². The maximum absolute atomic E-state index is 13.2. The molecule has 1 aliphatic heterocycles. The highest BCUT2D eigenvalue weighted by Gasteiger charge is 2.37. The summed E-state index contributed by atoms with van der Waals surface area (Å²) in [5.41, 5.74) is 1.34. The van der Waals surface area contributed by atoms with Crippen LogP contribution >= 0.6 is 34.8 Å². The van der Waals surface area contributed by atoms with Crippen molar-refractivity contribution >= 4 is 76.0 Å². The Balaban J connectivity index is 1.52. The van der Waals surface area contributed by atoms with Gasteiger partial charge >= 0.3 is 6.03 Å². The molecular weight excluding hydrogens is 569 g/mol. The Kier molecular flexibility index (Phi) is 8.44. The van der Waals surface area contributed by atoms with Crippen molar-refractivity contribution in [1.82, 2.24) is 5.32 Å². The average Bonchev–Trinajstić information content (AvgIpc) is 2.90. The van der Waals surface area contributed by atoms with Crippen LogP contribution in [0.2, 0.25) is 15.1 Å². The van der Waals surface area contributed by atoms with Gasteiger partial charge in [0.15, 0.2) is 18.1 Å². The van der Waals surface area contributed by atoms with Crippen molar-refractivity contribution in [3.05, 3.63) is 86.4 Å². The largest absolute Gasteiger partial charge is 0.493 e. The third-order valence-corrected chi connectivity index (χ3v) is 6.79. The normalized spacial score (nSPS) is 14.3. The molecule has 0 aromatic heterocycles. The number of benzene rings is 3. The molecule has 39 heavy (non-hydrogen) atoms. The zero-order valence-electron chi connectivity index (χ0n) is 20.5. The lowest BCUT2D eigenvalue weighted by atomic mass is 10.1. The Hall–Kier alpha value is -4.05. The van der Waals surface area contributed by atoms with Crippen LogP contribution < -0.4 is 25.0 Å². The number of rotatable bonds is 7. The molecular formula is C27H20Cl3N3O6. The van der Waals surface area contributed by atoms with Gasteiger partial charge in [-0.25, -0.2) is 9.69 Å². The number of carbonyl (C=O) groups is 4. The topological polar surface area (TPSA) is 114 Å². The first-order chi connectivity index (χ1) is 18.6. The third-order valence-electron chi connectivity index (χ3n) is 5.64. The van der Waals surface area contributed by atoms with Gasteiger partial charge in [-0.15, -0.1) is 0 Å². The van der Waals surface area contributed by atoms with Gasteiger partial charge in [0.2, 0.25) is 0 Å². The number of amides is 5. The number of anilines is 2. The molecule has 9 nitrogen and oxygen atoms in total. The van der Waals surface area contributed by atoms with Gasteiger partial charge in [0.25, 0.3) is 17.7 Å². The number of imide groups is 2. The highest BCUT2D eigenvalue weighted by Crippen LogP contribution is 2.32. The highest BCUT2D eigenvalue weighted by molar-refractivity contribution is 6.42. The van der Waals surface area contributed by atoms with E-state index in [1.54, 1.807) is 43.3 Å². The Morgan fingerprint density at radius 3 is 2.46 bits per heavy atom. The summed E-state index contributed by atoms with van der Waals surface area (Å²) < 4.78 is 11.0. The van der Waals surface area contributed by atoms with E-state index in [4.69, 9.17) is 44.3 Å². The molecule has 0 radical (unpaired) electrons. The van der Waals surface area contributed by atoms with Crippen LogP contribution in [0.25, 0.3) is 6.08 Å². The molecule has 3 aromatic carbocycles. The van der Waals surface area contributed by atoms with Crippen LogP contribution in [-0.2, 0) is 14.4 Å². The Morgan fingerprint density at radius 1 is 0.974 bits per heavy atom. The monoisotopic (exact) mass is 587 g/mol. The maximum atomic E-state index is 13.2. The number of urea groups is 1. The van der Waals surface area contributed by atoms with Gasteiger partial charge < -0.3 is 14.8 Å². The number of hydrogen-bond acceptors (Lipinski definition) is 6. The molecule has 4 rings (SSSR count). The minimum absolute atomic E-state index is 0.244. The summed E-state index contributed by atoms with van der Waals surface area (Å²) in [6.45, 7) is 1.32. The van der Waals surface area contributed by atoms with Crippen molar-refractivity contribution in [3.63, 3.8) is 0 Å². The molecule has 2 N–H and O–H groups in total. The number of methoxy groups -OCH3 is 1. The second-order valence-electron chi connectivity index (χ2n) is 8.22. The molecule has 3 aromatic rings. The van der Waals surface area contributed by atoms with Crippen LogP contribution in [0.3, 0.4) is 0 Å². The fourth-order valence-electron chi connectivity index (χ4n) is 3.69. The summed E-state index contributed by atoms with van der Waals surface area (Å²) in [7, 11) is 1.40. The van der Waals surface area contributed by atoms with Gasteiger partial charge in [-0.05, 0) is 66.6 Å². The minimum atomic E-state index is -0.881. The molecule has 1 saturated heterocycles. The molecule has 5 amide bonds. The molecule has 0 unspecified atom stereocenters. The van der Waals surface area contributed by atoms with Gasteiger partial charge in [0.1, 0.15) is 5.57 Å². The van der Waals surface area contributed by atoms with Crippen LogP contribution in [0.5, 0.6) is 11.5 Å². The number of nitrogens with one attached hydrogen (secondary N) is 2. The lowest BCUT2D eigenvalue weighted by Gasteiger charge is -2.27. The zero-order valence-corrected chi connectivity index (χ0v) is 22.8. The molecule has 0 bridgehead atoms. The molecule has 12 heteroatoms. The lowest BCUT2D eigenvalue weighted by molar-refractivity contribution is -0.122. The third kappa shape index (κ3) is 6.17. The number of carbonyl (C=O) groups excluding carboxylic acids is 4. The second-order valence-corrected chi connectivity index (χ2v) is 9.44. The number of hydrogen-bond donors (Lipinski definition) is 2. The first-order valence-electron chi connectivity index (χ1n) is 11.3. The summed E-state index contributed by atoms with van der Waals surface area (Å²) in [4.78, 5) is 51.5. The molecule has 1 aliphatic rings. The molecule has 0 saturated carbocycles. The van der Waals surface area contributed by atoms with Gasteiger partial charge in [0, 0.05) is 10.7 Å².